The van der Waals surface area contributed by atoms with E-state index in [0.29, 0.717) is 11.2 Å². The molecule has 1 aromatic rings. The summed E-state index contributed by atoms with van der Waals surface area (Å²) in [6.45, 7) is 6.60. The number of hydrogen-bond donors (Lipinski definition) is 1. The summed E-state index contributed by atoms with van der Waals surface area (Å²) in [5.74, 6) is 0.649. The van der Waals surface area contributed by atoms with E-state index in [1.54, 1.807) is 0 Å². The second-order valence-corrected chi connectivity index (χ2v) is 6.57. The molecule has 88 valence electrons. The third-order valence-corrected chi connectivity index (χ3v) is 4.36. The monoisotopic (exact) mass is 255 g/mol. The van der Waals surface area contributed by atoms with Gasteiger partial charge in [-0.1, -0.05) is 31.5 Å². The second-order valence-electron chi connectivity index (χ2n) is 4.55. The quantitative estimate of drug-likeness (QED) is 0.822. The molecule has 1 heterocycles. The first kappa shape index (κ1) is 12.3. The Kier molecular flexibility index (Phi) is 4.17. The van der Waals surface area contributed by atoms with E-state index in [1.807, 2.05) is 11.8 Å². The average Bonchev–Trinajstić information content (AvgIpc) is 2.73. The van der Waals surface area contributed by atoms with Crippen molar-refractivity contribution in [1.29, 1.82) is 0 Å². The van der Waals surface area contributed by atoms with Crippen LogP contribution in [0.3, 0.4) is 0 Å². The molecule has 1 aromatic carbocycles. The van der Waals surface area contributed by atoms with E-state index in [1.165, 1.54) is 16.9 Å². The number of hydrogen-bond acceptors (Lipinski definition) is 2. The standard InChI is InChI=1S/C13H18ClNS/c1-9(2)16-13-4-3-10(7-12(13)14)11-5-6-15-8-11/h3-4,7,9,11,15H,5-6,8H2,1-2H3. The molecule has 0 bridgehead atoms. The second kappa shape index (κ2) is 5.44. The molecular weight excluding hydrogens is 238 g/mol. The zero-order chi connectivity index (χ0) is 11.5. The fourth-order valence-corrected chi connectivity index (χ4v) is 3.21. The first-order valence-corrected chi connectivity index (χ1v) is 7.09. The zero-order valence-electron chi connectivity index (χ0n) is 9.79. The van der Waals surface area contributed by atoms with E-state index in [2.05, 4.69) is 37.4 Å². The van der Waals surface area contributed by atoms with E-state index in [0.717, 1.165) is 18.1 Å². The maximum Gasteiger partial charge on any atom is 0.0544 e. The Morgan fingerprint density at radius 3 is 2.81 bits per heavy atom. The molecule has 1 aliphatic heterocycles. The van der Waals surface area contributed by atoms with Gasteiger partial charge >= 0.3 is 0 Å². The zero-order valence-corrected chi connectivity index (χ0v) is 11.4. The van der Waals surface area contributed by atoms with Crippen LogP contribution in [0.4, 0.5) is 0 Å². The minimum absolute atomic E-state index is 0.580. The molecule has 2 rings (SSSR count). The van der Waals surface area contributed by atoms with Crippen molar-refractivity contribution in [3.05, 3.63) is 28.8 Å². The lowest BCUT2D eigenvalue weighted by molar-refractivity contribution is 0.762. The molecule has 0 spiro atoms. The highest BCUT2D eigenvalue weighted by Crippen LogP contribution is 2.33. The van der Waals surface area contributed by atoms with Crippen LogP contribution in [0.25, 0.3) is 0 Å². The lowest BCUT2D eigenvalue weighted by atomic mass is 9.99. The summed E-state index contributed by atoms with van der Waals surface area (Å²) in [6.07, 6.45) is 1.23. The van der Waals surface area contributed by atoms with Crippen LogP contribution in [-0.2, 0) is 0 Å². The molecule has 16 heavy (non-hydrogen) atoms. The number of nitrogens with one attached hydrogen (secondary N) is 1. The van der Waals surface area contributed by atoms with Crippen molar-refractivity contribution in [2.45, 2.75) is 36.3 Å². The van der Waals surface area contributed by atoms with Crippen molar-refractivity contribution < 1.29 is 0 Å². The molecule has 1 saturated heterocycles. The van der Waals surface area contributed by atoms with Gasteiger partial charge in [-0.15, -0.1) is 11.8 Å². The van der Waals surface area contributed by atoms with Crippen LogP contribution in [0.5, 0.6) is 0 Å². The topological polar surface area (TPSA) is 12.0 Å². The molecule has 0 saturated carbocycles. The third kappa shape index (κ3) is 2.93. The molecule has 1 fully saturated rings. The van der Waals surface area contributed by atoms with Gasteiger partial charge < -0.3 is 5.32 Å². The van der Waals surface area contributed by atoms with Gasteiger partial charge in [0.1, 0.15) is 0 Å². The molecular formula is C13H18ClNS. The van der Waals surface area contributed by atoms with Crippen LogP contribution in [0.15, 0.2) is 23.1 Å². The van der Waals surface area contributed by atoms with Gasteiger partial charge in [0, 0.05) is 16.7 Å². The Labute approximate surface area is 107 Å². The summed E-state index contributed by atoms with van der Waals surface area (Å²) in [5.41, 5.74) is 1.38. The van der Waals surface area contributed by atoms with Gasteiger partial charge in [-0.05, 0) is 36.6 Å². The lowest BCUT2D eigenvalue weighted by Gasteiger charge is -2.12. The maximum absolute atomic E-state index is 6.31. The Bertz CT molecular complexity index is 359. The van der Waals surface area contributed by atoms with Crippen LogP contribution < -0.4 is 5.32 Å². The SMILES string of the molecule is CC(C)Sc1ccc(C2CCNC2)cc1Cl. The van der Waals surface area contributed by atoms with E-state index in [9.17, 15) is 0 Å². The van der Waals surface area contributed by atoms with Crippen LogP contribution in [-0.4, -0.2) is 18.3 Å². The van der Waals surface area contributed by atoms with Crippen molar-refractivity contribution in [2.24, 2.45) is 0 Å². The van der Waals surface area contributed by atoms with E-state index in [-0.39, 0.29) is 0 Å². The van der Waals surface area contributed by atoms with Gasteiger partial charge in [0.05, 0.1) is 5.02 Å². The fraction of sp³-hybridized carbons (Fsp3) is 0.538. The van der Waals surface area contributed by atoms with Crippen molar-refractivity contribution in [1.82, 2.24) is 5.32 Å². The van der Waals surface area contributed by atoms with Gasteiger partial charge in [-0.2, -0.15) is 0 Å². The number of rotatable bonds is 3. The summed E-state index contributed by atoms with van der Waals surface area (Å²) in [4.78, 5) is 1.20. The minimum atomic E-state index is 0.580. The van der Waals surface area contributed by atoms with E-state index >= 15 is 0 Å². The van der Waals surface area contributed by atoms with Crippen molar-refractivity contribution in [2.75, 3.05) is 13.1 Å². The third-order valence-electron chi connectivity index (χ3n) is 2.85. The summed E-state index contributed by atoms with van der Waals surface area (Å²) in [5, 5.41) is 4.87. The highest BCUT2D eigenvalue weighted by molar-refractivity contribution is 8.00. The molecule has 0 amide bonds. The number of halogens is 1. The molecule has 1 unspecified atom stereocenters. The normalized spacial score (nSPS) is 20.6. The molecule has 3 heteroatoms. The van der Waals surface area contributed by atoms with Gasteiger partial charge in [0.15, 0.2) is 0 Å². The molecule has 1 nitrogen and oxygen atoms in total. The number of thioether (sulfide) groups is 1. The molecule has 1 atom stereocenters. The van der Waals surface area contributed by atoms with Gasteiger partial charge in [0.2, 0.25) is 0 Å². The minimum Gasteiger partial charge on any atom is -0.316 e. The molecule has 0 aliphatic carbocycles. The predicted octanol–water partition coefficient (Wildman–Crippen LogP) is 3.92. The summed E-state index contributed by atoms with van der Waals surface area (Å²) >= 11 is 8.14. The van der Waals surface area contributed by atoms with Gasteiger partial charge in [-0.3, -0.25) is 0 Å². The van der Waals surface area contributed by atoms with Crippen LogP contribution in [0.2, 0.25) is 5.02 Å². The van der Waals surface area contributed by atoms with Gasteiger partial charge in [0.25, 0.3) is 0 Å². The molecule has 0 aromatic heterocycles. The maximum atomic E-state index is 6.31. The van der Waals surface area contributed by atoms with E-state index < -0.39 is 0 Å². The average molecular weight is 256 g/mol. The predicted molar refractivity (Wildman–Crippen MR) is 72.7 cm³/mol. The summed E-state index contributed by atoms with van der Waals surface area (Å²) in [6, 6.07) is 6.54. The first-order valence-electron chi connectivity index (χ1n) is 5.83. The fourth-order valence-electron chi connectivity index (χ4n) is 2.06. The Morgan fingerprint density at radius 2 is 2.25 bits per heavy atom. The van der Waals surface area contributed by atoms with Crippen LogP contribution in [0.1, 0.15) is 31.7 Å². The van der Waals surface area contributed by atoms with Crippen molar-refractivity contribution in [3.8, 4) is 0 Å². The highest BCUT2D eigenvalue weighted by atomic mass is 35.5. The van der Waals surface area contributed by atoms with E-state index in [4.69, 9.17) is 11.6 Å². The number of benzene rings is 1. The largest absolute Gasteiger partial charge is 0.316 e. The first-order chi connectivity index (χ1) is 7.66. The smallest absolute Gasteiger partial charge is 0.0544 e. The van der Waals surface area contributed by atoms with Crippen molar-refractivity contribution in [3.63, 3.8) is 0 Å². The molecule has 1 aliphatic rings. The summed E-state index contributed by atoms with van der Waals surface area (Å²) in [7, 11) is 0. The van der Waals surface area contributed by atoms with Crippen LogP contribution in [0, 0.1) is 0 Å². The Balaban J connectivity index is 2.15. The molecule has 1 N–H and O–H groups in total. The molecule has 0 radical (unpaired) electrons. The Morgan fingerprint density at radius 1 is 1.44 bits per heavy atom. The Hall–Kier alpha value is -0.180. The highest BCUT2D eigenvalue weighted by Gasteiger charge is 2.17. The van der Waals surface area contributed by atoms with Crippen LogP contribution >= 0.6 is 23.4 Å². The summed E-state index contributed by atoms with van der Waals surface area (Å²) < 4.78 is 0. The lowest BCUT2D eigenvalue weighted by Crippen LogP contribution is -2.07. The van der Waals surface area contributed by atoms with Crippen molar-refractivity contribution >= 4 is 23.4 Å². The van der Waals surface area contributed by atoms with Gasteiger partial charge in [-0.25, -0.2) is 0 Å².